The summed E-state index contributed by atoms with van der Waals surface area (Å²) in [7, 11) is 3.79. The highest BCUT2D eigenvalue weighted by molar-refractivity contribution is 6.03. The number of fused-ring (bicyclic) bond motifs is 3. The number of amides is 1. The molecule has 0 spiro atoms. The number of aryl methyl sites for hydroxylation is 1. The fraction of sp³-hybridized carbons (Fsp3) is 0.190. The molecule has 26 heavy (non-hydrogen) atoms. The van der Waals surface area contributed by atoms with Gasteiger partial charge in [0.2, 0.25) is 0 Å². The number of pyridine rings is 2. The molecule has 3 aromatic rings. The first-order chi connectivity index (χ1) is 12.5. The second kappa shape index (κ2) is 5.95. The minimum atomic E-state index is 0.0111. The van der Waals surface area contributed by atoms with Gasteiger partial charge in [-0.25, -0.2) is 4.57 Å². The van der Waals surface area contributed by atoms with Crippen LogP contribution >= 0.6 is 0 Å². The van der Waals surface area contributed by atoms with Gasteiger partial charge in [0.1, 0.15) is 12.7 Å². The van der Waals surface area contributed by atoms with Gasteiger partial charge in [-0.3, -0.25) is 9.59 Å². The molecule has 5 heteroatoms. The molecule has 0 saturated heterocycles. The van der Waals surface area contributed by atoms with E-state index in [0.717, 1.165) is 22.2 Å². The van der Waals surface area contributed by atoms with E-state index in [1.165, 1.54) is 0 Å². The van der Waals surface area contributed by atoms with Crippen molar-refractivity contribution >= 4 is 29.4 Å². The van der Waals surface area contributed by atoms with E-state index in [1.54, 1.807) is 17.9 Å². The Morgan fingerprint density at radius 3 is 2.62 bits per heavy atom. The van der Waals surface area contributed by atoms with Crippen molar-refractivity contribution in [2.75, 3.05) is 7.05 Å². The van der Waals surface area contributed by atoms with Gasteiger partial charge in [-0.2, -0.15) is 0 Å². The van der Waals surface area contributed by atoms with Crippen LogP contribution in [0.5, 0.6) is 0 Å². The third-order valence-electron chi connectivity index (χ3n) is 4.88. The average Bonchev–Trinajstić information content (AvgIpc) is 3.08. The average molecular weight is 346 g/mol. The van der Waals surface area contributed by atoms with Crippen LogP contribution < -0.4 is 4.57 Å². The zero-order valence-corrected chi connectivity index (χ0v) is 15.1. The van der Waals surface area contributed by atoms with Gasteiger partial charge in [0.05, 0.1) is 5.52 Å². The van der Waals surface area contributed by atoms with E-state index in [4.69, 9.17) is 0 Å². The Morgan fingerprint density at radius 1 is 1.19 bits per heavy atom. The first kappa shape index (κ1) is 16.3. The maximum absolute atomic E-state index is 12.6. The lowest BCUT2D eigenvalue weighted by atomic mass is 10.1. The molecule has 130 valence electrons. The summed E-state index contributed by atoms with van der Waals surface area (Å²) in [6.45, 7) is 2.13. The lowest BCUT2D eigenvalue weighted by molar-refractivity contribution is -0.671. The molecular weight excluding hydrogens is 326 g/mol. The number of rotatable bonds is 3. The van der Waals surface area contributed by atoms with Crippen molar-refractivity contribution in [3.8, 4) is 0 Å². The van der Waals surface area contributed by atoms with E-state index in [0.29, 0.717) is 17.8 Å². The smallest absolute Gasteiger partial charge is 0.271 e. The quantitative estimate of drug-likeness (QED) is 0.541. The molecular formula is C21H20N3O2+. The summed E-state index contributed by atoms with van der Waals surface area (Å²) in [5, 5.41) is 0. The molecule has 0 fully saturated rings. The number of hydrogen-bond acceptors (Lipinski definition) is 2. The van der Waals surface area contributed by atoms with E-state index in [-0.39, 0.29) is 11.7 Å². The topological polar surface area (TPSA) is 45.7 Å². The molecule has 4 rings (SSSR count). The van der Waals surface area contributed by atoms with E-state index < -0.39 is 0 Å². The summed E-state index contributed by atoms with van der Waals surface area (Å²) in [4.78, 5) is 26.1. The summed E-state index contributed by atoms with van der Waals surface area (Å²) in [6.07, 6.45) is 9.89. The predicted molar refractivity (Wildman–Crippen MR) is 99.7 cm³/mol. The highest BCUT2D eigenvalue weighted by atomic mass is 16.2. The van der Waals surface area contributed by atoms with Gasteiger partial charge in [-0.1, -0.05) is 12.2 Å². The van der Waals surface area contributed by atoms with Gasteiger partial charge < -0.3 is 9.30 Å². The molecule has 1 amide bonds. The predicted octanol–water partition coefficient (Wildman–Crippen LogP) is 2.72. The minimum Gasteiger partial charge on any atom is -0.336 e. The molecule has 1 aliphatic heterocycles. The van der Waals surface area contributed by atoms with Crippen LogP contribution in [0.3, 0.4) is 0 Å². The fourth-order valence-corrected chi connectivity index (χ4v) is 3.42. The number of hydrogen-bond donors (Lipinski definition) is 0. The summed E-state index contributed by atoms with van der Waals surface area (Å²) in [6, 6.07) is 7.71. The van der Waals surface area contributed by atoms with Crippen LogP contribution in [0.15, 0.2) is 42.9 Å². The summed E-state index contributed by atoms with van der Waals surface area (Å²) in [5.74, 6) is 0.0275. The lowest BCUT2D eigenvalue weighted by Gasteiger charge is -2.09. The lowest BCUT2D eigenvalue weighted by Crippen LogP contribution is -2.25. The fourth-order valence-electron chi connectivity index (χ4n) is 3.42. The van der Waals surface area contributed by atoms with Crippen LogP contribution in [0.1, 0.15) is 44.5 Å². The number of ketones is 1. The number of carbonyl (C=O) groups is 2. The molecule has 4 heterocycles. The standard InChI is InChI=1S/C21H20N3O2/c1-14(25)16-8-11-24-19(12-16)17(18-13-23(3)21(26)20(18)24)5-4-15-6-9-22(2)10-7-15/h4-12H,13H2,1-3H3/q+1. The Balaban J connectivity index is 1.90. The SMILES string of the molecule is CC(=O)c1ccn2c3c(c(/C=C/c4cc[n+](C)cc4)c2c1)CN(C)C3=O. The van der Waals surface area contributed by atoms with Crippen molar-refractivity contribution in [2.24, 2.45) is 7.05 Å². The molecule has 0 atom stereocenters. The molecule has 5 nitrogen and oxygen atoms in total. The molecule has 0 bridgehead atoms. The third kappa shape index (κ3) is 2.52. The number of carbonyl (C=O) groups excluding carboxylic acids is 2. The van der Waals surface area contributed by atoms with E-state index in [1.807, 2.05) is 72.0 Å². The maximum Gasteiger partial charge on any atom is 0.271 e. The summed E-state index contributed by atoms with van der Waals surface area (Å²) < 4.78 is 3.88. The summed E-state index contributed by atoms with van der Waals surface area (Å²) in [5.41, 5.74) is 5.32. The van der Waals surface area contributed by atoms with Gasteiger partial charge in [-0.15, -0.1) is 0 Å². The van der Waals surface area contributed by atoms with Crippen LogP contribution in [-0.4, -0.2) is 28.0 Å². The zero-order chi connectivity index (χ0) is 18.4. The van der Waals surface area contributed by atoms with Crippen LogP contribution in [0, 0.1) is 0 Å². The van der Waals surface area contributed by atoms with Gasteiger partial charge in [0, 0.05) is 48.6 Å². The van der Waals surface area contributed by atoms with Crippen molar-refractivity contribution in [3.63, 3.8) is 0 Å². The Kier molecular flexibility index (Phi) is 3.72. The van der Waals surface area contributed by atoms with Crippen LogP contribution in [-0.2, 0) is 13.6 Å². The van der Waals surface area contributed by atoms with E-state index >= 15 is 0 Å². The first-order valence-corrected chi connectivity index (χ1v) is 8.52. The molecule has 0 unspecified atom stereocenters. The van der Waals surface area contributed by atoms with Gasteiger partial charge >= 0.3 is 0 Å². The van der Waals surface area contributed by atoms with Crippen LogP contribution in [0.25, 0.3) is 17.7 Å². The molecule has 0 aromatic carbocycles. The van der Waals surface area contributed by atoms with Gasteiger partial charge in [-0.05, 0) is 24.6 Å². The molecule has 0 saturated carbocycles. The van der Waals surface area contributed by atoms with Gasteiger partial charge in [0.25, 0.3) is 5.91 Å². The zero-order valence-electron chi connectivity index (χ0n) is 15.1. The molecule has 3 aromatic heterocycles. The van der Waals surface area contributed by atoms with E-state index in [2.05, 4.69) is 0 Å². The second-order valence-corrected chi connectivity index (χ2v) is 6.76. The Labute approximate surface area is 151 Å². The van der Waals surface area contributed by atoms with Crippen molar-refractivity contribution in [3.05, 3.63) is 70.8 Å². The Hall–Kier alpha value is -3.21. The van der Waals surface area contributed by atoms with Crippen molar-refractivity contribution < 1.29 is 14.2 Å². The monoisotopic (exact) mass is 346 g/mol. The third-order valence-corrected chi connectivity index (χ3v) is 4.88. The van der Waals surface area contributed by atoms with Crippen molar-refractivity contribution in [1.82, 2.24) is 9.30 Å². The normalized spacial score (nSPS) is 13.8. The summed E-state index contributed by atoms with van der Waals surface area (Å²) >= 11 is 0. The molecule has 0 N–H and O–H groups in total. The number of Topliss-reactive ketones (excluding diaryl/α,β-unsaturated/α-hetero) is 1. The number of aromatic nitrogens is 2. The molecule has 1 aliphatic rings. The van der Waals surface area contributed by atoms with Crippen molar-refractivity contribution in [2.45, 2.75) is 13.5 Å². The minimum absolute atomic E-state index is 0.0111. The highest BCUT2D eigenvalue weighted by Gasteiger charge is 2.31. The van der Waals surface area contributed by atoms with Crippen molar-refractivity contribution in [1.29, 1.82) is 0 Å². The highest BCUT2D eigenvalue weighted by Crippen LogP contribution is 2.32. The van der Waals surface area contributed by atoms with Crippen LogP contribution in [0.4, 0.5) is 0 Å². The molecule has 0 radical (unpaired) electrons. The number of nitrogens with zero attached hydrogens (tertiary/aromatic N) is 3. The molecule has 0 aliphatic carbocycles. The first-order valence-electron chi connectivity index (χ1n) is 8.52. The second-order valence-electron chi connectivity index (χ2n) is 6.76. The van der Waals surface area contributed by atoms with E-state index in [9.17, 15) is 9.59 Å². The van der Waals surface area contributed by atoms with Crippen LogP contribution in [0.2, 0.25) is 0 Å². The largest absolute Gasteiger partial charge is 0.336 e. The van der Waals surface area contributed by atoms with Gasteiger partial charge in [0.15, 0.2) is 18.2 Å². The maximum atomic E-state index is 12.6. The Morgan fingerprint density at radius 2 is 1.92 bits per heavy atom. The Bertz CT molecular complexity index is 1070.